The second-order valence-electron chi connectivity index (χ2n) is 2.56. The normalized spacial score (nSPS) is 24.5. The molecule has 1 aliphatic heterocycles. The van der Waals surface area contributed by atoms with Crippen LogP contribution in [0.2, 0.25) is 0 Å². The fraction of sp³-hybridized carbons (Fsp3) is 0.667. The lowest BCUT2D eigenvalue weighted by Crippen LogP contribution is -2.19. The summed E-state index contributed by atoms with van der Waals surface area (Å²) in [6, 6.07) is 0. The summed E-state index contributed by atoms with van der Waals surface area (Å²) in [5.74, 6) is 0. The monoisotopic (exact) mass is 189 g/mol. The van der Waals surface area contributed by atoms with Gasteiger partial charge in [-0.25, -0.2) is 4.98 Å². The Hall–Kier alpha value is -0.350. The van der Waals surface area contributed by atoms with E-state index in [0.29, 0.717) is 5.38 Å². The summed E-state index contributed by atoms with van der Waals surface area (Å²) in [7, 11) is 0. The summed E-state index contributed by atoms with van der Waals surface area (Å²) < 4.78 is 3.94. The summed E-state index contributed by atoms with van der Waals surface area (Å²) in [4.78, 5) is 6.28. The average Bonchev–Trinajstić information content (AvgIpc) is 2.55. The number of halogens is 1. The topological polar surface area (TPSA) is 29.0 Å². The molecule has 2 heterocycles. The minimum atomic E-state index is 0.291. The van der Waals surface area contributed by atoms with Crippen LogP contribution in [0.5, 0.6) is 0 Å². The van der Waals surface area contributed by atoms with Gasteiger partial charge in [0.2, 0.25) is 5.13 Å². The first-order chi connectivity index (χ1) is 5.36. The molecule has 11 heavy (non-hydrogen) atoms. The predicted octanol–water partition coefficient (Wildman–Crippen LogP) is 1.36. The van der Waals surface area contributed by atoms with Gasteiger partial charge >= 0.3 is 0 Å². The zero-order chi connectivity index (χ0) is 7.68. The maximum atomic E-state index is 5.94. The second kappa shape index (κ2) is 2.95. The van der Waals surface area contributed by atoms with E-state index >= 15 is 0 Å². The van der Waals surface area contributed by atoms with Crippen molar-refractivity contribution in [2.75, 3.05) is 18.0 Å². The van der Waals surface area contributed by atoms with Crippen LogP contribution in [0, 0.1) is 0 Å². The van der Waals surface area contributed by atoms with Crippen LogP contribution >= 0.6 is 23.1 Å². The number of anilines is 1. The van der Waals surface area contributed by atoms with E-state index in [4.69, 9.17) is 11.6 Å². The molecule has 0 aliphatic carbocycles. The highest BCUT2D eigenvalue weighted by atomic mass is 35.5. The first-order valence-electron chi connectivity index (χ1n) is 3.52. The van der Waals surface area contributed by atoms with Crippen molar-refractivity contribution >= 4 is 28.3 Å². The van der Waals surface area contributed by atoms with Gasteiger partial charge in [0, 0.05) is 24.6 Å². The number of nitrogens with zero attached hydrogens (tertiary/aromatic N) is 3. The van der Waals surface area contributed by atoms with Gasteiger partial charge in [-0.15, -0.1) is 11.6 Å². The Morgan fingerprint density at radius 2 is 2.64 bits per heavy atom. The summed E-state index contributed by atoms with van der Waals surface area (Å²) in [5.41, 5.74) is 0. The van der Waals surface area contributed by atoms with Crippen LogP contribution in [0.1, 0.15) is 6.42 Å². The molecular formula is C6H8ClN3S. The Morgan fingerprint density at radius 3 is 3.18 bits per heavy atom. The van der Waals surface area contributed by atoms with Gasteiger partial charge < -0.3 is 4.90 Å². The molecule has 1 saturated heterocycles. The highest BCUT2D eigenvalue weighted by Crippen LogP contribution is 2.22. The van der Waals surface area contributed by atoms with Crippen LogP contribution in [0.25, 0.3) is 0 Å². The molecule has 1 fully saturated rings. The molecule has 1 aromatic rings. The Bertz CT molecular complexity index is 226. The summed E-state index contributed by atoms with van der Waals surface area (Å²) in [6.45, 7) is 1.93. The molecule has 1 aromatic heterocycles. The standard InChI is InChI=1S/C6H8ClN3S/c7-5-1-2-10(3-5)6-8-4-9-11-6/h4-5H,1-3H2. The second-order valence-corrected chi connectivity index (χ2v) is 3.93. The van der Waals surface area contributed by atoms with E-state index < -0.39 is 0 Å². The van der Waals surface area contributed by atoms with Crippen molar-refractivity contribution < 1.29 is 0 Å². The van der Waals surface area contributed by atoms with Gasteiger partial charge in [-0.2, -0.15) is 4.37 Å². The van der Waals surface area contributed by atoms with Crippen molar-refractivity contribution in [3.63, 3.8) is 0 Å². The number of rotatable bonds is 1. The van der Waals surface area contributed by atoms with E-state index in [-0.39, 0.29) is 0 Å². The van der Waals surface area contributed by atoms with E-state index in [0.717, 1.165) is 24.6 Å². The van der Waals surface area contributed by atoms with Gasteiger partial charge in [-0.3, -0.25) is 0 Å². The molecule has 0 bridgehead atoms. The first kappa shape index (κ1) is 7.31. The summed E-state index contributed by atoms with van der Waals surface area (Å²) >= 11 is 7.37. The fourth-order valence-corrected chi connectivity index (χ4v) is 2.03. The minimum absolute atomic E-state index is 0.291. The lowest BCUT2D eigenvalue weighted by Gasteiger charge is -2.11. The van der Waals surface area contributed by atoms with E-state index in [9.17, 15) is 0 Å². The molecule has 5 heteroatoms. The third-order valence-electron chi connectivity index (χ3n) is 1.75. The average molecular weight is 190 g/mol. The lowest BCUT2D eigenvalue weighted by atomic mass is 10.4. The Labute approximate surface area is 74.2 Å². The molecule has 0 aromatic carbocycles. The molecule has 1 aliphatic rings. The van der Waals surface area contributed by atoms with Gasteiger partial charge in [-0.1, -0.05) is 0 Å². The van der Waals surface area contributed by atoms with Gasteiger partial charge in [0.1, 0.15) is 6.33 Å². The van der Waals surface area contributed by atoms with Crippen molar-refractivity contribution in [2.45, 2.75) is 11.8 Å². The largest absolute Gasteiger partial charge is 0.345 e. The Morgan fingerprint density at radius 1 is 1.73 bits per heavy atom. The fourth-order valence-electron chi connectivity index (χ4n) is 1.20. The molecule has 1 unspecified atom stereocenters. The highest BCUT2D eigenvalue weighted by Gasteiger charge is 2.21. The molecule has 0 amide bonds. The maximum absolute atomic E-state index is 5.94. The van der Waals surface area contributed by atoms with E-state index in [1.807, 2.05) is 0 Å². The Balaban J connectivity index is 2.08. The summed E-state index contributed by atoms with van der Waals surface area (Å²) in [5, 5.41) is 1.28. The zero-order valence-electron chi connectivity index (χ0n) is 5.90. The molecule has 60 valence electrons. The first-order valence-corrected chi connectivity index (χ1v) is 4.73. The molecular weight excluding hydrogens is 182 g/mol. The number of alkyl halides is 1. The Kier molecular flexibility index (Phi) is 1.96. The third-order valence-corrected chi connectivity index (χ3v) is 2.83. The minimum Gasteiger partial charge on any atom is -0.345 e. The van der Waals surface area contributed by atoms with Crippen LogP contribution in [-0.2, 0) is 0 Å². The van der Waals surface area contributed by atoms with E-state index in [1.54, 1.807) is 6.33 Å². The molecule has 0 saturated carbocycles. The van der Waals surface area contributed by atoms with Crippen molar-refractivity contribution in [2.24, 2.45) is 0 Å². The van der Waals surface area contributed by atoms with Crippen LogP contribution in [-0.4, -0.2) is 27.8 Å². The maximum Gasteiger partial charge on any atom is 0.204 e. The zero-order valence-corrected chi connectivity index (χ0v) is 7.48. The van der Waals surface area contributed by atoms with Crippen LogP contribution in [0.4, 0.5) is 5.13 Å². The molecule has 1 atom stereocenters. The van der Waals surface area contributed by atoms with Gasteiger partial charge in [0.15, 0.2) is 0 Å². The lowest BCUT2D eigenvalue weighted by molar-refractivity contribution is 0.956. The van der Waals surface area contributed by atoms with Crippen molar-refractivity contribution in [3.05, 3.63) is 6.33 Å². The van der Waals surface area contributed by atoms with Crippen molar-refractivity contribution in [1.29, 1.82) is 0 Å². The highest BCUT2D eigenvalue weighted by molar-refractivity contribution is 7.09. The van der Waals surface area contributed by atoms with Crippen molar-refractivity contribution in [1.82, 2.24) is 9.36 Å². The predicted molar refractivity (Wildman–Crippen MR) is 46.4 cm³/mol. The number of hydrogen-bond acceptors (Lipinski definition) is 4. The van der Waals surface area contributed by atoms with E-state index in [1.165, 1.54) is 11.5 Å². The molecule has 0 spiro atoms. The van der Waals surface area contributed by atoms with Gasteiger partial charge in [0.05, 0.1) is 5.38 Å². The number of hydrogen-bond donors (Lipinski definition) is 0. The summed E-state index contributed by atoms with van der Waals surface area (Å²) in [6.07, 6.45) is 2.64. The smallest absolute Gasteiger partial charge is 0.204 e. The SMILES string of the molecule is ClC1CCN(c2ncns2)C1. The van der Waals surface area contributed by atoms with Crippen LogP contribution in [0.15, 0.2) is 6.33 Å². The number of aromatic nitrogens is 2. The quantitative estimate of drug-likeness (QED) is 0.625. The molecule has 2 rings (SSSR count). The van der Waals surface area contributed by atoms with Gasteiger partial charge in [-0.05, 0) is 6.42 Å². The van der Waals surface area contributed by atoms with E-state index in [2.05, 4.69) is 14.3 Å². The van der Waals surface area contributed by atoms with Crippen LogP contribution < -0.4 is 4.90 Å². The van der Waals surface area contributed by atoms with Gasteiger partial charge in [0.25, 0.3) is 0 Å². The third kappa shape index (κ3) is 1.46. The molecule has 0 N–H and O–H groups in total. The van der Waals surface area contributed by atoms with Crippen molar-refractivity contribution in [3.8, 4) is 0 Å². The van der Waals surface area contributed by atoms with Crippen LogP contribution in [0.3, 0.4) is 0 Å². The molecule has 0 radical (unpaired) electrons. The molecule has 3 nitrogen and oxygen atoms in total.